The molecule has 15 heavy (non-hydrogen) atoms. The fourth-order valence-electron chi connectivity index (χ4n) is 1.47. The number of aromatic amines is 1. The average Bonchev–Trinajstić information content (AvgIpc) is 2.50. The van der Waals surface area contributed by atoms with Crippen LogP contribution in [0.2, 0.25) is 0 Å². The maximum Gasteiger partial charge on any atom is 0.214 e. The third kappa shape index (κ3) is 2.07. The van der Waals surface area contributed by atoms with Gasteiger partial charge in [0.1, 0.15) is 0 Å². The van der Waals surface area contributed by atoms with Gasteiger partial charge < -0.3 is 5.84 Å². The highest BCUT2D eigenvalue weighted by atomic mass is 32.1. The standard InChI is InChI=1S/C10H12N4S/c1-7-3-2-4-8(5-7)6-9-12-13-10(15)14(9)11/h2-5H,6,11H2,1H3,(H,13,15). The SMILES string of the molecule is Cc1cccc(Cc2n[nH]c(=S)n2N)c1. The largest absolute Gasteiger partial charge is 0.335 e. The van der Waals surface area contributed by atoms with Crippen molar-refractivity contribution in [3.8, 4) is 0 Å². The number of nitrogens with zero attached hydrogens (tertiary/aromatic N) is 2. The third-order valence-corrected chi connectivity index (χ3v) is 2.51. The summed E-state index contributed by atoms with van der Waals surface area (Å²) in [6.45, 7) is 2.06. The number of hydrogen-bond acceptors (Lipinski definition) is 3. The van der Waals surface area contributed by atoms with Crippen LogP contribution in [0.3, 0.4) is 0 Å². The minimum Gasteiger partial charge on any atom is -0.335 e. The van der Waals surface area contributed by atoms with Gasteiger partial charge >= 0.3 is 0 Å². The number of aromatic nitrogens is 3. The number of rotatable bonds is 2. The Labute approximate surface area is 92.7 Å². The molecule has 0 bridgehead atoms. The minimum absolute atomic E-state index is 0.442. The summed E-state index contributed by atoms with van der Waals surface area (Å²) >= 11 is 4.94. The number of nitrogens with two attached hydrogens (primary N) is 1. The lowest BCUT2D eigenvalue weighted by Crippen LogP contribution is -2.13. The molecular formula is C10H12N4S. The van der Waals surface area contributed by atoms with Gasteiger partial charge in [0, 0.05) is 6.42 Å². The summed E-state index contributed by atoms with van der Waals surface area (Å²) in [7, 11) is 0. The predicted octanol–water partition coefficient (Wildman–Crippen LogP) is 1.55. The van der Waals surface area contributed by atoms with E-state index in [0.29, 0.717) is 11.2 Å². The Morgan fingerprint density at radius 3 is 2.93 bits per heavy atom. The van der Waals surface area contributed by atoms with Gasteiger partial charge in [-0.3, -0.25) is 5.10 Å². The highest BCUT2D eigenvalue weighted by Crippen LogP contribution is 2.08. The Morgan fingerprint density at radius 2 is 2.33 bits per heavy atom. The smallest absolute Gasteiger partial charge is 0.214 e. The topological polar surface area (TPSA) is 59.6 Å². The molecule has 0 spiro atoms. The van der Waals surface area contributed by atoms with Gasteiger partial charge in [-0.25, -0.2) is 4.68 Å². The van der Waals surface area contributed by atoms with E-state index in [1.165, 1.54) is 15.8 Å². The van der Waals surface area contributed by atoms with E-state index < -0.39 is 0 Å². The molecule has 2 aromatic rings. The average molecular weight is 220 g/mol. The van der Waals surface area contributed by atoms with Crippen molar-refractivity contribution >= 4 is 12.2 Å². The molecule has 0 saturated carbocycles. The molecule has 1 heterocycles. The first kappa shape index (κ1) is 9.92. The third-order valence-electron chi connectivity index (χ3n) is 2.22. The summed E-state index contributed by atoms with van der Waals surface area (Å²) < 4.78 is 1.84. The lowest BCUT2D eigenvalue weighted by atomic mass is 10.1. The van der Waals surface area contributed by atoms with Crippen molar-refractivity contribution in [3.63, 3.8) is 0 Å². The molecule has 78 valence electrons. The monoisotopic (exact) mass is 220 g/mol. The molecule has 1 aromatic carbocycles. The van der Waals surface area contributed by atoms with E-state index >= 15 is 0 Å². The van der Waals surface area contributed by atoms with E-state index in [4.69, 9.17) is 18.1 Å². The van der Waals surface area contributed by atoms with Crippen LogP contribution in [0.25, 0.3) is 0 Å². The Kier molecular flexibility index (Phi) is 2.55. The summed E-state index contributed by atoms with van der Waals surface area (Å²) in [4.78, 5) is 0. The number of nitrogens with one attached hydrogen (secondary N) is 1. The van der Waals surface area contributed by atoms with E-state index in [1.54, 1.807) is 0 Å². The molecule has 0 aliphatic rings. The van der Waals surface area contributed by atoms with E-state index in [1.807, 2.05) is 12.1 Å². The highest BCUT2D eigenvalue weighted by molar-refractivity contribution is 7.71. The maximum atomic E-state index is 5.71. The van der Waals surface area contributed by atoms with Gasteiger partial charge in [-0.1, -0.05) is 29.8 Å². The molecule has 0 saturated heterocycles. The molecule has 0 atom stereocenters. The molecule has 3 N–H and O–H groups in total. The van der Waals surface area contributed by atoms with Crippen molar-refractivity contribution in [2.45, 2.75) is 13.3 Å². The zero-order valence-corrected chi connectivity index (χ0v) is 9.21. The molecule has 0 radical (unpaired) electrons. The first-order valence-corrected chi connectivity index (χ1v) is 5.04. The van der Waals surface area contributed by atoms with Gasteiger partial charge in [0.25, 0.3) is 0 Å². The van der Waals surface area contributed by atoms with Gasteiger partial charge in [0.2, 0.25) is 4.77 Å². The van der Waals surface area contributed by atoms with E-state index in [-0.39, 0.29) is 0 Å². The van der Waals surface area contributed by atoms with E-state index in [0.717, 1.165) is 5.82 Å². The van der Waals surface area contributed by atoms with Gasteiger partial charge in [-0.2, -0.15) is 5.10 Å². The second-order valence-corrected chi connectivity index (χ2v) is 3.87. The fraction of sp³-hybridized carbons (Fsp3) is 0.200. The van der Waals surface area contributed by atoms with Crippen molar-refractivity contribution in [1.82, 2.24) is 14.9 Å². The highest BCUT2D eigenvalue weighted by Gasteiger charge is 2.03. The molecule has 0 aliphatic carbocycles. The first-order valence-electron chi connectivity index (χ1n) is 4.64. The lowest BCUT2D eigenvalue weighted by Gasteiger charge is -2.01. The summed E-state index contributed by atoms with van der Waals surface area (Å²) in [5, 5.41) is 6.72. The first-order chi connectivity index (χ1) is 7.16. The van der Waals surface area contributed by atoms with Crippen LogP contribution in [0.4, 0.5) is 0 Å². The second-order valence-electron chi connectivity index (χ2n) is 3.48. The Bertz CT molecular complexity index is 526. The zero-order valence-electron chi connectivity index (χ0n) is 8.40. The molecule has 1 aromatic heterocycles. The Morgan fingerprint density at radius 1 is 1.53 bits per heavy atom. The summed E-state index contributed by atoms with van der Waals surface area (Å²) in [5.74, 6) is 6.45. The molecule has 0 fully saturated rings. The summed E-state index contributed by atoms with van der Waals surface area (Å²) in [6.07, 6.45) is 0.686. The van der Waals surface area contributed by atoms with Crippen LogP contribution in [0.1, 0.15) is 17.0 Å². The van der Waals surface area contributed by atoms with Gasteiger partial charge in [-0.05, 0) is 24.7 Å². The van der Waals surface area contributed by atoms with Crippen LogP contribution in [-0.2, 0) is 6.42 Å². The summed E-state index contributed by atoms with van der Waals surface area (Å²) in [5.41, 5.74) is 2.40. The summed E-state index contributed by atoms with van der Waals surface area (Å²) in [6, 6.07) is 8.23. The normalized spacial score (nSPS) is 10.5. The van der Waals surface area contributed by atoms with Crippen molar-refractivity contribution in [3.05, 3.63) is 46.0 Å². The Hall–Kier alpha value is -1.62. The number of hydrogen-bond donors (Lipinski definition) is 2. The van der Waals surface area contributed by atoms with Crippen LogP contribution in [0, 0.1) is 11.7 Å². The number of benzene rings is 1. The van der Waals surface area contributed by atoms with E-state index in [2.05, 4.69) is 29.3 Å². The Balaban J connectivity index is 2.29. The predicted molar refractivity (Wildman–Crippen MR) is 61.5 cm³/mol. The zero-order chi connectivity index (χ0) is 10.8. The molecule has 0 amide bonds. The van der Waals surface area contributed by atoms with Crippen molar-refractivity contribution in [2.75, 3.05) is 5.84 Å². The van der Waals surface area contributed by atoms with Crippen LogP contribution in [0.15, 0.2) is 24.3 Å². The van der Waals surface area contributed by atoms with Crippen LogP contribution in [-0.4, -0.2) is 14.9 Å². The minimum atomic E-state index is 0.442. The van der Waals surface area contributed by atoms with Crippen molar-refractivity contribution < 1.29 is 0 Å². The fourth-order valence-corrected chi connectivity index (χ4v) is 1.62. The van der Waals surface area contributed by atoms with Gasteiger partial charge in [0.05, 0.1) is 0 Å². The number of nitrogen functional groups attached to an aromatic ring is 1. The van der Waals surface area contributed by atoms with Gasteiger partial charge in [-0.15, -0.1) is 0 Å². The van der Waals surface area contributed by atoms with Crippen molar-refractivity contribution in [1.29, 1.82) is 0 Å². The molecule has 2 rings (SSSR count). The molecule has 0 aliphatic heterocycles. The van der Waals surface area contributed by atoms with Crippen LogP contribution >= 0.6 is 12.2 Å². The molecule has 5 heteroatoms. The number of aryl methyl sites for hydroxylation is 1. The molecular weight excluding hydrogens is 208 g/mol. The van der Waals surface area contributed by atoms with Crippen LogP contribution in [0.5, 0.6) is 0 Å². The van der Waals surface area contributed by atoms with Crippen molar-refractivity contribution in [2.24, 2.45) is 0 Å². The lowest BCUT2D eigenvalue weighted by molar-refractivity contribution is 0.868. The van der Waals surface area contributed by atoms with Crippen LogP contribution < -0.4 is 5.84 Å². The second kappa shape index (κ2) is 3.86. The molecule has 0 unspecified atom stereocenters. The van der Waals surface area contributed by atoms with Gasteiger partial charge in [0.15, 0.2) is 5.82 Å². The van der Waals surface area contributed by atoms with E-state index in [9.17, 15) is 0 Å². The number of H-pyrrole nitrogens is 1. The maximum absolute atomic E-state index is 5.71. The quantitative estimate of drug-likeness (QED) is 0.596. The molecule has 4 nitrogen and oxygen atoms in total.